The molecule has 1 rings (SSSR count). The summed E-state index contributed by atoms with van der Waals surface area (Å²) in [6.07, 6.45) is 6.18. The number of aromatic nitrogens is 2. The quantitative estimate of drug-likeness (QED) is 0.465. The van der Waals surface area contributed by atoms with Crippen LogP contribution in [0.3, 0.4) is 0 Å². The van der Waals surface area contributed by atoms with Crippen LogP contribution in [0.25, 0.3) is 0 Å². The summed E-state index contributed by atoms with van der Waals surface area (Å²) in [7, 11) is -10.7. The number of aromatic amines is 1. The number of imidazole rings is 1. The van der Waals surface area contributed by atoms with Crippen LogP contribution < -0.4 is 0 Å². The fraction of sp³-hybridized carbons (Fsp3) is 0.167. The van der Waals surface area contributed by atoms with Crippen LogP contribution in [0, 0.1) is 0 Å². The number of hydrogen-bond acceptors (Lipinski definition) is 1. The van der Waals surface area contributed by atoms with E-state index in [1.54, 1.807) is 12.4 Å². The van der Waals surface area contributed by atoms with E-state index in [1.807, 2.05) is 6.08 Å². The summed E-state index contributed by atoms with van der Waals surface area (Å²) in [5.41, 5.74) is 0. The minimum atomic E-state index is -10.7. The van der Waals surface area contributed by atoms with Crippen molar-refractivity contribution < 1.29 is 26.6 Å². The van der Waals surface area contributed by atoms with E-state index in [1.165, 1.54) is 0 Å². The molecule has 15 heavy (non-hydrogen) atoms. The SMILES string of the molecule is C=CCc1ncc[nH]1.F[P-](F)(F)(F)(F)F.[H+]. The number of halogens is 6. The second-order valence-corrected chi connectivity index (χ2v) is 4.40. The molecule has 0 bridgehead atoms. The number of nitrogens with zero attached hydrogens (tertiary/aromatic N) is 1. The predicted molar refractivity (Wildman–Crippen MR) is 47.2 cm³/mol. The van der Waals surface area contributed by atoms with Crippen LogP contribution in [-0.2, 0) is 6.42 Å². The molecule has 1 aromatic heterocycles. The third-order valence-electron chi connectivity index (χ3n) is 0.893. The Bertz CT molecular complexity index is 305. The summed E-state index contributed by atoms with van der Waals surface area (Å²) in [5.74, 6) is 0.972. The van der Waals surface area contributed by atoms with Gasteiger partial charge in [-0.05, 0) is 0 Å². The van der Waals surface area contributed by atoms with E-state index in [0.717, 1.165) is 12.2 Å². The Morgan fingerprint density at radius 1 is 1.33 bits per heavy atom. The van der Waals surface area contributed by atoms with Crippen molar-refractivity contribution in [3.05, 3.63) is 30.9 Å². The molecular formula is C6H9F6N2P. The maximum Gasteiger partial charge on any atom is 1.00 e. The maximum absolute atomic E-state index is 10.7. The number of H-pyrrole nitrogens is 1. The molecule has 0 spiro atoms. The molecule has 0 aliphatic carbocycles. The first-order chi connectivity index (χ1) is 6.38. The van der Waals surface area contributed by atoms with Gasteiger partial charge in [0.15, 0.2) is 0 Å². The molecule has 1 N–H and O–H groups in total. The Labute approximate surface area is 82.7 Å². The van der Waals surface area contributed by atoms with Crippen molar-refractivity contribution in [2.24, 2.45) is 0 Å². The Balaban J connectivity index is 0. The largest absolute Gasteiger partial charge is 1.00 e. The van der Waals surface area contributed by atoms with E-state index in [2.05, 4.69) is 16.5 Å². The fourth-order valence-corrected chi connectivity index (χ4v) is 0.546. The maximum atomic E-state index is 9.87. The zero-order valence-corrected chi connectivity index (χ0v) is 8.20. The summed E-state index contributed by atoms with van der Waals surface area (Å²) >= 11 is 0. The second-order valence-electron chi connectivity index (χ2n) is 2.49. The van der Waals surface area contributed by atoms with E-state index in [-0.39, 0.29) is 1.43 Å². The van der Waals surface area contributed by atoms with Crippen LogP contribution in [0.1, 0.15) is 7.25 Å². The van der Waals surface area contributed by atoms with Crippen LogP contribution >= 0.6 is 7.81 Å². The topological polar surface area (TPSA) is 28.7 Å². The molecule has 0 fully saturated rings. The van der Waals surface area contributed by atoms with Gasteiger partial charge >= 0.3 is 34.4 Å². The average molecular weight is 254 g/mol. The van der Waals surface area contributed by atoms with E-state index in [0.29, 0.717) is 0 Å². The smallest absolute Gasteiger partial charge is 1.00 e. The minimum Gasteiger partial charge on any atom is 1.00 e. The van der Waals surface area contributed by atoms with Crippen molar-refractivity contribution in [3.8, 4) is 0 Å². The van der Waals surface area contributed by atoms with Crippen molar-refractivity contribution in [2.75, 3.05) is 0 Å². The molecule has 1 heterocycles. The third-order valence-corrected chi connectivity index (χ3v) is 0.893. The van der Waals surface area contributed by atoms with Crippen molar-refractivity contribution in [3.63, 3.8) is 0 Å². The molecule has 2 nitrogen and oxygen atoms in total. The zero-order chi connectivity index (χ0) is 12.2. The van der Waals surface area contributed by atoms with Crippen LogP contribution in [0.4, 0.5) is 25.2 Å². The second kappa shape index (κ2) is 3.52. The molecule has 0 aliphatic rings. The van der Waals surface area contributed by atoms with Crippen LogP contribution in [0.2, 0.25) is 0 Å². The summed E-state index contributed by atoms with van der Waals surface area (Å²) in [4.78, 5) is 6.93. The summed E-state index contributed by atoms with van der Waals surface area (Å²) < 4.78 is 59.2. The minimum absolute atomic E-state index is 0. The summed E-state index contributed by atoms with van der Waals surface area (Å²) in [6, 6.07) is 0. The van der Waals surface area contributed by atoms with Crippen molar-refractivity contribution in [1.82, 2.24) is 9.97 Å². The van der Waals surface area contributed by atoms with Crippen molar-refractivity contribution in [2.45, 2.75) is 6.42 Å². The first-order valence-electron chi connectivity index (χ1n) is 3.54. The normalized spacial score (nSPS) is 15.6. The zero-order valence-electron chi connectivity index (χ0n) is 8.31. The van der Waals surface area contributed by atoms with Crippen molar-refractivity contribution in [1.29, 1.82) is 0 Å². The Kier molecular flexibility index (Phi) is 3.27. The molecule has 90 valence electrons. The van der Waals surface area contributed by atoms with Crippen molar-refractivity contribution >= 4 is 7.81 Å². The van der Waals surface area contributed by atoms with E-state index >= 15 is 0 Å². The molecule has 9 heteroatoms. The Morgan fingerprint density at radius 3 is 2.07 bits per heavy atom. The van der Waals surface area contributed by atoms with Gasteiger partial charge in [-0.2, -0.15) is 0 Å². The van der Waals surface area contributed by atoms with Gasteiger partial charge in [-0.1, -0.05) is 6.08 Å². The van der Waals surface area contributed by atoms with Gasteiger partial charge in [-0.15, -0.1) is 6.58 Å². The molecule has 0 amide bonds. The monoisotopic (exact) mass is 254 g/mol. The van der Waals surface area contributed by atoms with E-state index in [9.17, 15) is 25.2 Å². The third kappa shape index (κ3) is 19.4. The molecule has 0 aliphatic heterocycles. The van der Waals surface area contributed by atoms with Crippen LogP contribution in [0.15, 0.2) is 25.0 Å². The fourth-order valence-electron chi connectivity index (χ4n) is 0.546. The van der Waals surface area contributed by atoms with E-state index < -0.39 is 7.81 Å². The van der Waals surface area contributed by atoms with Gasteiger partial charge in [0.25, 0.3) is 0 Å². The van der Waals surface area contributed by atoms with Gasteiger partial charge < -0.3 is 4.98 Å². The van der Waals surface area contributed by atoms with E-state index in [4.69, 9.17) is 0 Å². The first-order valence-corrected chi connectivity index (χ1v) is 5.57. The first kappa shape index (κ1) is 14.0. The van der Waals surface area contributed by atoms with Gasteiger partial charge in [0.05, 0.1) is 0 Å². The van der Waals surface area contributed by atoms with Crippen LogP contribution in [-0.4, -0.2) is 9.97 Å². The summed E-state index contributed by atoms with van der Waals surface area (Å²) in [5, 5.41) is 0. The molecule has 0 saturated heterocycles. The van der Waals surface area contributed by atoms with Gasteiger partial charge in [-0.25, -0.2) is 4.98 Å². The number of hydrogen-bond donors (Lipinski definition) is 1. The van der Waals surface area contributed by atoms with Gasteiger partial charge in [-0.3, -0.25) is 0 Å². The average Bonchev–Trinajstić information content (AvgIpc) is 2.32. The number of rotatable bonds is 2. The standard InChI is InChI=1S/C6H8N2.F6P/c1-2-3-6-7-4-5-8-6;1-7(2,3,4,5)6/h2,4-5H,1,3H2,(H,7,8);/q;-1/p+1. The molecule has 1 aromatic rings. The molecular weight excluding hydrogens is 245 g/mol. The number of nitrogens with one attached hydrogen (secondary N) is 1. The van der Waals surface area contributed by atoms with Crippen LogP contribution in [0.5, 0.6) is 0 Å². The van der Waals surface area contributed by atoms with Gasteiger partial charge in [0.1, 0.15) is 5.82 Å². The molecule has 0 atom stereocenters. The van der Waals surface area contributed by atoms with Gasteiger partial charge in [0, 0.05) is 18.8 Å². The Morgan fingerprint density at radius 2 is 1.80 bits per heavy atom. The van der Waals surface area contributed by atoms with Gasteiger partial charge in [0.2, 0.25) is 0 Å². The molecule has 0 unspecified atom stereocenters. The Hall–Kier alpha value is -1.04. The molecule has 0 saturated carbocycles. The molecule has 0 radical (unpaired) electrons. The number of allylic oxidation sites excluding steroid dienone is 1. The predicted octanol–water partition coefficient (Wildman–Crippen LogP) is 4.63. The summed E-state index contributed by atoms with van der Waals surface area (Å²) in [6.45, 7) is 3.58. The molecule has 0 aromatic carbocycles.